The molecule has 0 aromatic carbocycles. The maximum Gasteiger partial charge on any atom is 0.287 e. The summed E-state index contributed by atoms with van der Waals surface area (Å²) in [5.41, 5.74) is 0. The second-order valence-corrected chi connectivity index (χ2v) is 4.95. The van der Waals surface area contributed by atoms with Gasteiger partial charge in [0.25, 0.3) is 5.91 Å². The molecule has 2 fully saturated rings. The first kappa shape index (κ1) is 10.8. The topological polar surface area (TPSA) is 45.5 Å². The van der Waals surface area contributed by atoms with E-state index in [0.29, 0.717) is 17.8 Å². The van der Waals surface area contributed by atoms with Gasteiger partial charge in [-0.15, -0.1) is 0 Å². The van der Waals surface area contributed by atoms with Crippen LogP contribution in [0.2, 0.25) is 0 Å². The fourth-order valence-electron chi connectivity index (χ4n) is 3.06. The SMILES string of the molecule is O=C(N[C@H]1CCN2CCCC[C@@H]12)c1ccco1. The molecule has 2 atom stereocenters. The predicted molar refractivity (Wildman–Crippen MR) is 63.8 cm³/mol. The van der Waals surface area contributed by atoms with Crippen molar-refractivity contribution in [2.24, 2.45) is 0 Å². The van der Waals surface area contributed by atoms with E-state index in [1.165, 1.54) is 32.1 Å². The molecule has 0 aliphatic carbocycles. The number of piperidine rings is 1. The normalized spacial score (nSPS) is 28.9. The first-order valence-corrected chi connectivity index (χ1v) is 6.43. The van der Waals surface area contributed by atoms with Crippen LogP contribution in [0.4, 0.5) is 0 Å². The highest BCUT2D eigenvalue weighted by Gasteiger charge is 2.36. The van der Waals surface area contributed by atoms with Crippen LogP contribution in [0.1, 0.15) is 36.2 Å². The lowest BCUT2D eigenvalue weighted by Gasteiger charge is -2.32. The number of carbonyl (C=O) groups is 1. The zero-order valence-electron chi connectivity index (χ0n) is 9.89. The Balaban J connectivity index is 1.64. The number of furan rings is 1. The molecule has 0 radical (unpaired) electrons. The van der Waals surface area contributed by atoms with Crippen LogP contribution in [0.15, 0.2) is 22.8 Å². The Labute approximate surface area is 101 Å². The van der Waals surface area contributed by atoms with Gasteiger partial charge < -0.3 is 9.73 Å². The summed E-state index contributed by atoms with van der Waals surface area (Å²) in [4.78, 5) is 14.4. The van der Waals surface area contributed by atoms with E-state index in [2.05, 4.69) is 10.2 Å². The van der Waals surface area contributed by atoms with Crippen molar-refractivity contribution in [1.29, 1.82) is 0 Å². The molecule has 2 aliphatic rings. The maximum atomic E-state index is 11.9. The molecule has 1 aromatic rings. The largest absolute Gasteiger partial charge is 0.459 e. The van der Waals surface area contributed by atoms with Gasteiger partial charge in [0.15, 0.2) is 5.76 Å². The highest BCUT2D eigenvalue weighted by atomic mass is 16.3. The van der Waals surface area contributed by atoms with Gasteiger partial charge in [0.1, 0.15) is 0 Å². The molecule has 4 nitrogen and oxygen atoms in total. The number of carbonyl (C=O) groups excluding carboxylic acids is 1. The molecule has 0 spiro atoms. The van der Waals surface area contributed by atoms with Gasteiger partial charge >= 0.3 is 0 Å². The Morgan fingerprint density at radius 3 is 3.12 bits per heavy atom. The molecule has 2 saturated heterocycles. The molecule has 2 aliphatic heterocycles. The minimum atomic E-state index is -0.0765. The van der Waals surface area contributed by atoms with Crippen LogP contribution in [0.25, 0.3) is 0 Å². The third-order valence-corrected chi connectivity index (χ3v) is 3.92. The Bertz CT molecular complexity index is 388. The fraction of sp³-hybridized carbons (Fsp3) is 0.615. The highest BCUT2D eigenvalue weighted by molar-refractivity contribution is 5.91. The number of amides is 1. The molecule has 0 unspecified atom stereocenters. The van der Waals surface area contributed by atoms with Crippen molar-refractivity contribution in [3.8, 4) is 0 Å². The third-order valence-electron chi connectivity index (χ3n) is 3.92. The van der Waals surface area contributed by atoms with Crippen LogP contribution in [0, 0.1) is 0 Å². The number of fused-ring (bicyclic) bond motifs is 1. The van der Waals surface area contributed by atoms with Gasteiger partial charge in [-0.2, -0.15) is 0 Å². The van der Waals surface area contributed by atoms with Crippen molar-refractivity contribution < 1.29 is 9.21 Å². The van der Waals surface area contributed by atoms with Crippen molar-refractivity contribution in [1.82, 2.24) is 10.2 Å². The fourth-order valence-corrected chi connectivity index (χ4v) is 3.06. The van der Waals surface area contributed by atoms with Gasteiger partial charge in [0.2, 0.25) is 0 Å². The Morgan fingerprint density at radius 1 is 1.35 bits per heavy atom. The summed E-state index contributed by atoms with van der Waals surface area (Å²) in [6.07, 6.45) is 6.40. The minimum Gasteiger partial charge on any atom is -0.459 e. The van der Waals surface area contributed by atoms with E-state index in [1.54, 1.807) is 12.1 Å². The molecule has 92 valence electrons. The van der Waals surface area contributed by atoms with Crippen LogP contribution in [-0.4, -0.2) is 36.0 Å². The Kier molecular flexibility index (Phi) is 2.89. The van der Waals surface area contributed by atoms with Gasteiger partial charge in [-0.25, -0.2) is 0 Å². The average molecular weight is 234 g/mol. The van der Waals surface area contributed by atoms with E-state index in [1.807, 2.05) is 0 Å². The van der Waals surface area contributed by atoms with E-state index < -0.39 is 0 Å². The summed E-state index contributed by atoms with van der Waals surface area (Å²) in [5.74, 6) is 0.340. The molecule has 4 heteroatoms. The van der Waals surface area contributed by atoms with Gasteiger partial charge in [-0.3, -0.25) is 9.69 Å². The monoisotopic (exact) mass is 234 g/mol. The number of hydrogen-bond donors (Lipinski definition) is 1. The van der Waals surface area contributed by atoms with Crippen molar-refractivity contribution in [3.05, 3.63) is 24.2 Å². The minimum absolute atomic E-state index is 0.0765. The van der Waals surface area contributed by atoms with Gasteiger partial charge in [-0.05, 0) is 37.9 Å². The first-order chi connectivity index (χ1) is 8.34. The van der Waals surface area contributed by atoms with E-state index in [0.717, 1.165) is 13.0 Å². The van der Waals surface area contributed by atoms with E-state index in [-0.39, 0.29) is 5.91 Å². The summed E-state index contributed by atoms with van der Waals surface area (Å²) < 4.78 is 5.12. The lowest BCUT2D eigenvalue weighted by atomic mass is 9.99. The van der Waals surface area contributed by atoms with Gasteiger partial charge in [-0.1, -0.05) is 6.42 Å². The molecule has 1 amide bonds. The number of nitrogens with one attached hydrogen (secondary N) is 1. The molecular weight excluding hydrogens is 216 g/mol. The predicted octanol–water partition coefficient (Wildman–Crippen LogP) is 1.64. The molecular formula is C13H18N2O2. The van der Waals surface area contributed by atoms with Crippen molar-refractivity contribution in [3.63, 3.8) is 0 Å². The van der Waals surface area contributed by atoms with E-state index in [9.17, 15) is 4.79 Å². The molecule has 17 heavy (non-hydrogen) atoms. The van der Waals surface area contributed by atoms with Crippen LogP contribution >= 0.6 is 0 Å². The van der Waals surface area contributed by atoms with Crippen LogP contribution < -0.4 is 5.32 Å². The third kappa shape index (κ3) is 2.09. The van der Waals surface area contributed by atoms with Gasteiger partial charge in [0.05, 0.1) is 6.26 Å². The van der Waals surface area contributed by atoms with Crippen LogP contribution in [-0.2, 0) is 0 Å². The summed E-state index contributed by atoms with van der Waals surface area (Å²) in [5, 5.41) is 3.11. The average Bonchev–Trinajstić information content (AvgIpc) is 2.98. The maximum absolute atomic E-state index is 11.9. The lowest BCUT2D eigenvalue weighted by molar-refractivity contribution is 0.0887. The van der Waals surface area contributed by atoms with Crippen molar-refractivity contribution >= 4 is 5.91 Å². The second kappa shape index (κ2) is 4.53. The molecule has 0 bridgehead atoms. The van der Waals surface area contributed by atoms with E-state index >= 15 is 0 Å². The molecule has 1 aromatic heterocycles. The molecule has 0 saturated carbocycles. The number of hydrogen-bond acceptors (Lipinski definition) is 3. The standard InChI is InChI=1S/C13H18N2O2/c16-13(12-5-3-9-17-12)14-10-6-8-15-7-2-1-4-11(10)15/h3,5,9-11H,1-2,4,6-8H2,(H,14,16)/t10-,11-/m0/s1. The van der Waals surface area contributed by atoms with Crippen LogP contribution in [0.5, 0.6) is 0 Å². The van der Waals surface area contributed by atoms with Crippen molar-refractivity contribution in [2.75, 3.05) is 13.1 Å². The second-order valence-electron chi connectivity index (χ2n) is 4.95. The smallest absolute Gasteiger partial charge is 0.287 e. The van der Waals surface area contributed by atoms with Crippen LogP contribution in [0.3, 0.4) is 0 Å². The summed E-state index contributed by atoms with van der Waals surface area (Å²) in [6, 6.07) is 4.30. The zero-order chi connectivity index (χ0) is 11.7. The number of nitrogens with zero attached hydrogens (tertiary/aromatic N) is 1. The molecule has 1 N–H and O–H groups in total. The molecule has 3 heterocycles. The molecule has 3 rings (SSSR count). The summed E-state index contributed by atoms with van der Waals surface area (Å²) >= 11 is 0. The number of rotatable bonds is 2. The van der Waals surface area contributed by atoms with E-state index in [4.69, 9.17) is 4.42 Å². The summed E-state index contributed by atoms with van der Waals surface area (Å²) in [7, 11) is 0. The quantitative estimate of drug-likeness (QED) is 0.846. The Hall–Kier alpha value is -1.29. The zero-order valence-corrected chi connectivity index (χ0v) is 9.89. The van der Waals surface area contributed by atoms with Crippen molar-refractivity contribution in [2.45, 2.75) is 37.8 Å². The first-order valence-electron chi connectivity index (χ1n) is 6.43. The van der Waals surface area contributed by atoms with Gasteiger partial charge in [0, 0.05) is 18.6 Å². The summed E-state index contributed by atoms with van der Waals surface area (Å²) in [6.45, 7) is 2.31. The Morgan fingerprint density at radius 2 is 2.29 bits per heavy atom. The lowest BCUT2D eigenvalue weighted by Crippen LogP contribution is -2.46. The highest BCUT2D eigenvalue weighted by Crippen LogP contribution is 2.27.